The van der Waals surface area contributed by atoms with Crippen LogP contribution in [0.15, 0.2) is 33.9 Å². The number of aromatic nitrogens is 2. The summed E-state index contributed by atoms with van der Waals surface area (Å²) >= 11 is 0. The fourth-order valence-electron chi connectivity index (χ4n) is 2.98. The number of nitrogens with one attached hydrogen (secondary N) is 1. The van der Waals surface area contributed by atoms with Crippen LogP contribution in [0.5, 0.6) is 0 Å². The van der Waals surface area contributed by atoms with Crippen LogP contribution in [-0.2, 0) is 17.8 Å². The number of carbonyl (C=O) groups excluding carboxylic acids is 1. The largest absolute Gasteiger partial charge is 0.383 e. The predicted molar refractivity (Wildman–Crippen MR) is 108 cm³/mol. The molecule has 0 saturated heterocycles. The maximum absolute atomic E-state index is 13.5. The molecule has 0 aliphatic heterocycles. The van der Waals surface area contributed by atoms with E-state index >= 15 is 0 Å². The molecular formula is C20H27FN4O3. The normalized spacial score (nSPS) is 11.2. The first-order valence-electron chi connectivity index (χ1n) is 9.27. The van der Waals surface area contributed by atoms with Crippen molar-refractivity contribution in [2.24, 2.45) is 11.8 Å². The van der Waals surface area contributed by atoms with E-state index in [0.29, 0.717) is 12.1 Å². The minimum Gasteiger partial charge on any atom is -0.383 e. The van der Waals surface area contributed by atoms with Crippen LogP contribution < -0.4 is 21.9 Å². The van der Waals surface area contributed by atoms with E-state index in [1.165, 1.54) is 27.7 Å². The molecule has 28 heavy (non-hydrogen) atoms. The molecule has 1 aromatic heterocycles. The van der Waals surface area contributed by atoms with Crippen LogP contribution in [0.3, 0.4) is 0 Å². The molecule has 7 nitrogen and oxygen atoms in total. The second-order valence-corrected chi connectivity index (χ2v) is 7.70. The fourth-order valence-corrected chi connectivity index (χ4v) is 2.98. The molecule has 2 aromatic rings. The highest BCUT2D eigenvalue weighted by molar-refractivity contribution is 5.96. The molecule has 8 heteroatoms. The third-order valence-corrected chi connectivity index (χ3v) is 4.12. The number of carbonyl (C=O) groups is 1. The first kappa shape index (κ1) is 21.4. The van der Waals surface area contributed by atoms with Crippen molar-refractivity contribution in [3.63, 3.8) is 0 Å². The van der Waals surface area contributed by atoms with Crippen molar-refractivity contribution in [2.75, 3.05) is 17.2 Å². The summed E-state index contributed by atoms with van der Waals surface area (Å²) in [4.78, 5) is 41.2. The molecule has 0 bridgehead atoms. The second-order valence-electron chi connectivity index (χ2n) is 7.70. The molecule has 0 atom stereocenters. The quantitative estimate of drug-likeness (QED) is 0.756. The number of nitrogens with zero attached hydrogens (tertiary/aromatic N) is 2. The second kappa shape index (κ2) is 8.86. The smallest absolute Gasteiger partial charge is 0.330 e. The number of benzene rings is 1. The lowest BCUT2D eigenvalue weighted by Gasteiger charge is -2.26. The van der Waals surface area contributed by atoms with Crippen molar-refractivity contribution < 1.29 is 9.18 Å². The maximum Gasteiger partial charge on any atom is 0.330 e. The number of aromatic amines is 1. The molecule has 0 fully saturated rings. The Morgan fingerprint density at radius 2 is 1.89 bits per heavy atom. The third-order valence-electron chi connectivity index (χ3n) is 4.12. The van der Waals surface area contributed by atoms with Crippen molar-refractivity contribution in [1.29, 1.82) is 0 Å². The van der Waals surface area contributed by atoms with Gasteiger partial charge in [0.25, 0.3) is 5.56 Å². The van der Waals surface area contributed by atoms with Crippen LogP contribution in [0.2, 0.25) is 0 Å². The first-order valence-corrected chi connectivity index (χ1v) is 9.27. The van der Waals surface area contributed by atoms with Gasteiger partial charge in [-0.25, -0.2) is 9.18 Å². The molecule has 2 rings (SSSR count). The number of hydrogen-bond donors (Lipinski definition) is 2. The van der Waals surface area contributed by atoms with Gasteiger partial charge in [0.1, 0.15) is 11.6 Å². The zero-order valence-corrected chi connectivity index (χ0v) is 16.7. The predicted octanol–water partition coefficient (Wildman–Crippen LogP) is 2.15. The van der Waals surface area contributed by atoms with Gasteiger partial charge in [0, 0.05) is 13.1 Å². The number of hydrogen-bond acceptors (Lipinski definition) is 4. The molecule has 0 aliphatic carbocycles. The van der Waals surface area contributed by atoms with Crippen molar-refractivity contribution in [3.8, 4) is 0 Å². The van der Waals surface area contributed by atoms with Gasteiger partial charge < -0.3 is 10.6 Å². The molecule has 0 radical (unpaired) electrons. The van der Waals surface area contributed by atoms with Crippen molar-refractivity contribution in [1.82, 2.24) is 9.55 Å². The van der Waals surface area contributed by atoms with E-state index in [1.54, 1.807) is 6.07 Å². The number of anilines is 2. The highest BCUT2D eigenvalue weighted by atomic mass is 19.1. The number of nitrogen functional groups attached to an aromatic ring is 1. The first-order chi connectivity index (χ1) is 13.1. The number of halogens is 1. The van der Waals surface area contributed by atoms with Crippen molar-refractivity contribution in [2.45, 2.75) is 40.7 Å². The molecule has 0 spiro atoms. The van der Waals surface area contributed by atoms with Crippen molar-refractivity contribution in [3.05, 3.63) is 56.5 Å². The lowest BCUT2D eigenvalue weighted by atomic mass is 10.1. The highest BCUT2D eigenvalue weighted by Gasteiger charge is 2.25. The lowest BCUT2D eigenvalue weighted by Crippen LogP contribution is -2.43. The van der Waals surface area contributed by atoms with Crippen LogP contribution in [0.25, 0.3) is 0 Å². The van der Waals surface area contributed by atoms with Gasteiger partial charge in [-0.2, -0.15) is 0 Å². The van der Waals surface area contributed by atoms with Crippen LogP contribution >= 0.6 is 0 Å². The standard InChI is InChI=1S/C20H27FN4O3/c1-12(2)10-24(16(26)9-14-6-5-7-15(21)8-14)17-18(22)25(11-13(3)4)20(28)23-19(17)27/h5-8,12-13H,9-11,22H2,1-4H3,(H,23,27,28). The Kier molecular flexibility index (Phi) is 6.77. The Labute approximate surface area is 163 Å². The molecule has 1 amide bonds. The Balaban J connectivity index is 2.52. The average molecular weight is 390 g/mol. The molecule has 152 valence electrons. The summed E-state index contributed by atoms with van der Waals surface area (Å²) in [5.74, 6) is -0.730. The molecule has 0 unspecified atom stereocenters. The van der Waals surface area contributed by atoms with Gasteiger partial charge >= 0.3 is 5.69 Å². The van der Waals surface area contributed by atoms with E-state index in [9.17, 15) is 18.8 Å². The molecular weight excluding hydrogens is 363 g/mol. The zero-order valence-electron chi connectivity index (χ0n) is 16.7. The van der Waals surface area contributed by atoms with E-state index in [1.807, 2.05) is 27.7 Å². The van der Waals surface area contributed by atoms with E-state index in [0.717, 1.165) is 0 Å². The van der Waals surface area contributed by atoms with E-state index in [4.69, 9.17) is 5.73 Å². The van der Waals surface area contributed by atoms with E-state index in [-0.39, 0.29) is 36.3 Å². The van der Waals surface area contributed by atoms with Crippen LogP contribution in [0, 0.1) is 17.7 Å². The van der Waals surface area contributed by atoms with Crippen LogP contribution in [-0.4, -0.2) is 22.0 Å². The topological polar surface area (TPSA) is 101 Å². The molecule has 0 saturated carbocycles. The molecule has 0 aliphatic rings. The van der Waals surface area contributed by atoms with E-state index in [2.05, 4.69) is 4.98 Å². The summed E-state index contributed by atoms with van der Waals surface area (Å²) in [5.41, 5.74) is 5.28. The number of nitrogens with two attached hydrogens (primary N) is 1. The summed E-state index contributed by atoms with van der Waals surface area (Å²) in [6, 6.07) is 5.74. The maximum atomic E-state index is 13.5. The molecule has 3 N–H and O–H groups in total. The number of H-pyrrole nitrogens is 1. The van der Waals surface area contributed by atoms with Crippen molar-refractivity contribution >= 4 is 17.4 Å². The summed E-state index contributed by atoms with van der Waals surface area (Å²) in [5, 5.41) is 0. The monoisotopic (exact) mass is 390 g/mol. The highest BCUT2D eigenvalue weighted by Crippen LogP contribution is 2.20. The van der Waals surface area contributed by atoms with Crippen LogP contribution in [0.1, 0.15) is 33.3 Å². The van der Waals surface area contributed by atoms with Gasteiger partial charge in [0.05, 0.1) is 6.42 Å². The lowest BCUT2D eigenvalue weighted by molar-refractivity contribution is -0.118. The number of rotatable bonds is 7. The molecule has 1 heterocycles. The Morgan fingerprint density at radius 1 is 1.21 bits per heavy atom. The summed E-state index contributed by atoms with van der Waals surface area (Å²) in [6.07, 6.45) is -0.0906. The SMILES string of the molecule is CC(C)CN(C(=O)Cc1cccc(F)c1)c1c(N)n(CC(C)C)c(=O)[nH]c1=O. The van der Waals surface area contributed by atoms with Gasteiger partial charge in [0.2, 0.25) is 5.91 Å². The Bertz CT molecular complexity index is 963. The third kappa shape index (κ3) is 5.09. The summed E-state index contributed by atoms with van der Waals surface area (Å²) < 4.78 is 14.7. The summed E-state index contributed by atoms with van der Waals surface area (Å²) in [7, 11) is 0. The number of amides is 1. The van der Waals surface area contributed by atoms with Crippen LogP contribution in [0.4, 0.5) is 15.9 Å². The Morgan fingerprint density at radius 3 is 2.46 bits per heavy atom. The van der Waals surface area contributed by atoms with Gasteiger partial charge in [-0.1, -0.05) is 39.8 Å². The summed E-state index contributed by atoms with van der Waals surface area (Å²) in [6.45, 7) is 8.17. The van der Waals surface area contributed by atoms with Gasteiger partial charge in [-0.05, 0) is 29.5 Å². The average Bonchev–Trinajstić information content (AvgIpc) is 2.57. The van der Waals surface area contributed by atoms with Gasteiger partial charge in [-0.15, -0.1) is 0 Å². The van der Waals surface area contributed by atoms with Gasteiger partial charge in [-0.3, -0.25) is 19.1 Å². The van der Waals surface area contributed by atoms with E-state index < -0.39 is 23.0 Å². The minimum atomic E-state index is -0.712. The molecule has 1 aromatic carbocycles. The fraction of sp³-hybridized carbons (Fsp3) is 0.450. The van der Waals surface area contributed by atoms with Gasteiger partial charge in [0.15, 0.2) is 5.69 Å². The minimum absolute atomic E-state index is 0.0423. The Hall–Kier alpha value is -2.90. The zero-order chi connectivity index (χ0) is 21.0.